The normalized spacial score (nSPS) is 13.1. The Labute approximate surface area is 70.3 Å². The highest BCUT2D eigenvalue weighted by molar-refractivity contribution is 6.32. The SMILES string of the molecule is CC(C)C(=O)C(Cl)CC(=O)O. The number of carbonyl (C=O) groups is 2. The van der Waals surface area contributed by atoms with Crippen molar-refractivity contribution in [1.29, 1.82) is 0 Å². The van der Waals surface area contributed by atoms with Crippen LogP contribution in [0.4, 0.5) is 0 Å². The van der Waals surface area contributed by atoms with Gasteiger partial charge in [0.1, 0.15) is 5.38 Å². The first-order chi connectivity index (χ1) is 4.95. The van der Waals surface area contributed by atoms with Gasteiger partial charge < -0.3 is 5.11 Å². The number of hydrogen-bond donors (Lipinski definition) is 1. The fourth-order valence-electron chi connectivity index (χ4n) is 0.616. The van der Waals surface area contributed by atoms with Gasteiger partial charge in [-0.3, -0.25) is 9.59 Å². The third-order valence-corrected chi connectivity index (χ3v) is 1.60. The van der Waals surface area contributed by atoms with E-state index in [1.807, 2.05) is 0 Å². The van der Waals surface area contributed by atoms with Crippen molar-refractivity contribution < 1.29 is 14.7 Å². The van der Waals surface area contributed by atoms with Crippen molar-refractivity contribution in [1.82, 2.24) is 0 Å². The van der Waals surface area contributed by atoms with Crippen molar-refractivity contribution in [3.63, 3.8) is 0 Å². The average molecular weight is 179 g/mol. The molecule has 0 aromatic rings. The van der Waals surface area contributed by atoms with E-state index in [-0.39, 0.29) is 18.1 Å². The lowest BCUT2D eigenvalue weighted by Gasteiger charge is -2.07. The molecule has 0 aromatic carbocycles. The molecule has 0 saturated carbocycles. The number of Topliss-reactive ketones (excluding diaryl/α,β-unsaturated/α-hetero) is 1. The van der Waals surface area contributed by atoms with E-state index in [1.54, 1.807) is 13.8 Å². The highest BCUT2D eigenvalue weighted by atomic mass is 35.5. The Morgan fingerprint density at radius 1 is 1.45 bits per heavy atom. The third kappa shape index (κ3) is 3.98. The molecule has 0 aliphatic carbocycles. The molecule has 1 atom stereocenters. The molecule has 11 heavy (non-hydrogen) atoms. The van der Waals surface area contributed by atoms with Crippen LogP contribution in [-0.4, -0.2) is 22.2 Å². The molecule has 3 nitrogen and oxygen atoms in total. The summed E-state index contributed by atoms with van der Waals surface area (Å²) in [7, 11) is 0. The molecule has 0 saturated heterocycles. The van der Waals surface area contributed by atoms with Crippen molar-refractivity contribution in [2.75, 3.05) is 0 Å². The van der Waals surface area contributed by atoms with Gasteiger partial charge in [0.05, 0.1) is 6.42 Å². The Balaban J connectivity index is 3.93. The molecule has 0 heterocycles. The Morgan fingerprint density at radius 2 is 1.91 bits per heavy atom. The van der Waals surface area contributed by atoms with Crippen LogP contribution in [-0.2, 0) is 9.59 Å². The summed E-state index contributed by atoms with van der Waals surface area (Å²) in [5.41, 5.74) is 0. The molecular formula is C7H11ClO3. The summed E-state index contributed by atoms with van der Waals surface area (Å²) < 4.78 is 0. The Bertz CT molecular complexity index is 165. The average Bonchev–Trinajstić information content (AvgIpc) is 1.84. The number of rotatable bonds is 4. The van der Waals surface area contributed by atoms with E-state index in [1.165, 1.54) is 0 Å². The van der Waals surface area contributed by atoms with Crippen LogP contribution < -0.4 is 0 Å². The van der Waals surface area contributed by atoms with E-state index < -0.39 is 11.3 Å². The molecule has 4 heteroatoms. The first-order valence-electron chi connectivity index (χ1n) is 3.34. The molecule has 64 valence electrons. The highest BCUT2D eigenvalue weighted by Crippen LogP contribution is 2.09. The van der Waals surface area contributed by atoms with Gasteiger partial charge in [0, 0.05) is 5.92 Å². The first kappa shape index (κ1) is 10.4. The van der Waals surface area contributed by atoms with Crippen LogP contribution >= 0.6 is 11.6 Å². The van der Waals surface area contributed by atoms with Gasteiger partial charge in [-0.15, -0.1) is 11.6 Å². The molecule has 1 unspecified atom stereocenters. The second-order valence-corrected chi connectivity index (χ2v) is 3.15. The van der Waals surface area contributed by atoms with E-state index in [0.29, 0.717) is 0 Å². The van der Waals surface area contributed by atoms with Crippen molar-refractivity contribution >= 4 is 23.4 Å². The fourth-order valence-corrected chi connectivity index (χ4v) is 1.000. The first-order valence-corrected chi connectivity index (χ1v) is 3.78. The van der Waals surface area contributed by atoms with Crippen molar-refractivity contribution in [2.24, 2.45) is 5.92 Å². The zero-order chi connectivity index (χ0) is 9.02. The van der Waals surface area contributed by atoms with Gasteiger partial charge in [-0.2, -0.15) is 0 Å². The third-order valence-electron chi connectivity index (χ3n) is 1.23. The van der Waals surface area contributed by atoms with Gasteiger partial charge in [0.25, 0.3) is 0 Å². The lowest BCUT2D eigenvalue weighted by Crippen LogP contribution is -2.22. The minimum Gasteiger partial charge on any atom is -0.481 e. The van der Waals surface area contributed by atoms with Crippen LogP contribution in [0.5, 0.6) is 0 Å². The van der Waals surface area contributed by atoms with Crippen molar-refractivity contribution in [3.05, 3.63) is 0 Å². The van der Waals surface area contributed by atoms with Crippen LogP contribution in [0.1, 0.15) is 20.3 Å². The summed E-state index contributed by atoms with van der Waals surface area (Å²) in [6.07, 6.45) is -0.293. The monoisotopic (exact) mass is 178 g/mol. The van der Waals surface area contributed by atoms with Gasteiger partial charge >= 0.3 is 5.97 Å². The number of alkyl halides is 1. The van der Waals surface area contributed by atoms with Gasteiger partial charge in [0.15, 0.2) is 5.78 Å². The van der Waals surface area contributed by atoms with Crippen LogP contribution in [0.15, 0.2) is 0 Å². The number of carboxylic acid groups (broad SMARTS) is 1. The summed E-state index contributed by atoms with van der Waals surface area (Å²) in [5, 5.41) is 7.40. The van der Waals surface area contributed by atoms with Crippen LogP contribution in [0.3, 0.4) is 0 Å². The van der Waals surface area contributed by atoms with Gasteiger partial charge in [-0.25, -0.2) is 0 Å². The van der Waals surface area contributed by atoms with Crippen molar-refractivity contribution in [3.8, 4) is 0 Å². The highest BCUT2D eigenvalue weighted by Gasteiger charge is 2.20. The van der Waals surface area contributed by atoms with Crippen LogP contribution in [0, 0.1) is 5.92 Å². The molecule has 0 aliphatic rings. The number of ketones is 1. The Kier molecular flexibility index (Phi) is 4.11. The van der Waals surface area contributed by atoms with Gasteiger partial charge in [-0.05, 0) is 0 Å². The smallest absolute Gasteiger partial charge is 0.305 e. The van der Waals surface area contributed by atoms with E-state index in [0.717, 1.165) is 0 Å². The maximum Gasteiger partial charge on any atom is 0.305 e. The molecule has 0 amide bonds. The lowest BCUT2D eigenvalue weighted by molar-refractivity contribution is -0.138. The molecule has 0 spiro atoms. The molecule has 0 fully saturated rings. The van der Waals surface area contributed by atoms with E-state index in [9.17, 15) is 9.59 Å². The lowest BCUT2D eigenvalue weighted by atomic mass is 10.0. The molecule has 0 rings (SSSR count). The zero-order valence-electron chi connectivity index (χ0n) is 6.50. The van der Waals surface area contributed by atoms with Crippen molar-refractivity contribution in [2.45, 2.75) is 25.6 Å². The van der Waals surface area contributed by atoms with E-state index in [4.69, 9.17) is 16.7 Å². The second kappa shape index (κ2) is 4.34. The minimum atomic E-state index is -1.04. The molecular weight excluding hydrogens is 168 g/mol. The Hall–Kier alpha value is -0.570. The maximum atomic E-state index is 11.0. The molecule has 0 bridgehead atoms. The van der Waals surface area contributed by atoms with E-state index in [2.05, 4.69) is 0 Å². The molecule has 0 aliphatic heterocycles. The maximum absolute atomic E-state index is 11.0. The summed E-state index contributed by atoms with van der Waals surface area (Å²) in [6, 6.07) is 0. The fraction of sp³-hybridized carbons (Fsp3) is 0.714. The largest absolute Gasteiger partial charge is 0.481 e. The number of carbonyl (C=O) groups excluding carboxylic acids is 1. The summed E-state index contributed by atoms with van der Waals surface area (Å²) in [6.45, 7) is 3.39. The number of aliphatic carboxylic acids is 1. The molecule has 0 aromatic heterocycles. The molecule has 0 radical (unpaired) electrons. The quantitative estimate of drug-likeness (QED) is 0.661. The zero-order valence-corrected chi connectivity index (χ0v) is 7.26. The predicted molar refractivity (Wildman–Crippen MR) is 41.7 cm³/mol. The summed E-state index contributed by atoms with van der Waals surface area (Å²) >= 11 is 5.49. The second-order valence-electron chi connectivity index (χ2n) is 2.62. The topological polar surface area (TPSA) is 54.4 Å². The Morgan fingerprint density at radius 3 is 2.18 bits per heavy atom. The number of carboxylic acids is 1. The van der Waals surface area contributed by atoms with Gasteiger partial charge in [0.2, 0.25) is 0 Å². The minimum absolute atomic E-state index is 0.197. The van der Waals surface area contributed by atoms with E-state index >= 15 is 0 Å². The van der Waals surface area contributed by atoms with Gasteiger partial charge in [-0.1, -0.05) is 13.8 Å². The standard InChI is InChI=1S/C7H11ClO3/c1-4(2)7(11)5(8)3-6(9)10/h4-5H,3H2,1-2H3,(H,9,10). The number of halogens is 1. The van der Waals surface area contributed by atoms with Crippen LogP contribution in [0.25, 0.3) is 0 Å². The summed E-state index contributed by atoms with van der Waals surface area (Å²) in [5.74, 6) is -1.45. The predicted octanol–water partition coefficient (Wildman–Crippen LogP) is 1.29. The summed E-state index contributed by atoms with van der Waals surface area (Å²) in [4.78, 5) is 21.1. The number of hydrogen-bond acceptors (Lipinski definition) is 2. The molecule has 1 N–H and O–H groups in total. The van der Waals surface area contributed by atoms with Crippen LogP contribution in [0.2, 0.25) is 0 Å².